The smallest absolute Gasteiger partial charge is 0.310 e. The molecule has 0 spiro atoms. The van der Waals surface area contributed by atoms with Gasteiger partial charge >= 0.3 is 12.2 Å². The first-order chi connectivity index (χ1) is 8.86. The second-order valence-corrected chi connectivity index (χ2v) is 4.12. The number of benzene rings is 1. The predicted octanol–water partition coefficient (Wildman–Crippen LogP) is 2.77. The van der Waals surface area contributed by atoms with Crippen LogP contribution in [0.2, 0.25) is 0 Å². The Hall–Kier alpha value is -2.05. The molecule has 0 radical (unpaired) electrons. The summed E-state index contributed by atoms with van der Waals surface area (Å²) >= 11 is 0. The molecule has 102 valence electrons. The van der Waals surface area contributed by atoms with Crippen molar-refractivity contribution in [2.24, 2.45) is 0 Å². The van der Waals surface area contributed by atoms with E-state index in [9.17, 15) is 18.0 Å². The topological polar surface area (TPSA) is 56.2 Å². The van der Waals surface area contributed by atoms with Gasteiger partial charge in [-0.15, -0.1) is 0 Å². The van der Waals surface area contributed by atoms with Gasteiger partial charge in [0.1, 0.15) is 11.9 Å². The van der Waals surface area contributed by atoms with Crippen LogP contribution in [-0.2, 0) is 6.18 Å². The Balaban J connectivity index is 2.53. The van der Waals surface area contributed by atoms with E-state index in [2.05, 4.69) is 5.32 Å². The molecule has 1 aromatic carbocycles. The van der Waals surface area contributed by atoms with Crippen molar-refractivity contribution in [3.05, 3.63) is 35.4 Å². The Kier molecular flexibility index (Phi) is 3.21. The van der Waals surface area contributed by atoms with Gasteiger partial charge in [0, 0.05) is 6.54 Å². The summed E-state index contributed by atoms with van der Waals surface area (Å²) in [7, 11) is 0. The molecule has 2 N–H and O–H groups in total. The highest BCUT2D eigenvalue weighted by Crippen LogP contribution is 2.37. The lowest BCUT2D eigenvalue weighted by Gasteiger charge is -2.24. The molecule has 4 nitrogen and oxygen atoms in total. The number of amides is 2. The van der Waals surface area contributed by atoms with E-state index in [1.165, 1.54) is 23.1 Å². The van der Waals surface area contributed by atoms with Crippen LogP contribution in [0.15, 0.2) is 24.3 Å². The monoisotopic (exact) mass is 271 g/mol. The van der Waals surface area contributed by atoms with E-state index in [-0.39, 0.29) is 17.9 Å². The lowest BCUT2D eigenvalue weighted by Crippen LogP contribution is -2.30. The number of urea groups is 1. The van der Waals surface area contributed by atoms with Crippen LogP contribution < -0.4 is 5.32 Å². The molecule has 0 aromatic heterocycles. The second-order valence-electron chi connectivity index (χ2n) is 4.12. The molecule has 7 heteroatoms. The quantitative estimate of drug-likeness (QED) is 0.853. The summed E-state index contributed by atoms with van der Waals surface area (Å²) in [6.07, 6.45) is -4.51. The summed E-state index contributed by atoms with van der Waals surface area (Å²) < 4.78 is 38.9. The molecular weight excluding hydrogens is 259 g/mol. The number of amidine groups is 1. The maximum Gasteiger partial charge on any atom is 0.416 e. The Morgan fingerprint density at radius 1 is 1.37 bits per heavy atom. The molecule has 0 aliphatic carbocycles. The summed E-state index contributed by atoms with van der Waals surface area (Å²) in [5.41, 5.74) is -0.903. The fourth-order valence-electron chi connectivity index (χ4n) is 2.17. The van der Waals surface area contributed by atoms with Crippen LogP contribution in [0.3, 0.4) is 0 Å². The molecular formula is C12H12F3N3O. The number of nitrogens with zero attached hydrogens (tertiary/aromatic N) is 1. The molecule has 0 saturated carbocycles. The number of alkyl halides is 3. The van der Waals surface area contributed by atoms with Gasteiger partial charge in [-0.2, -0.15) is 13.2 Å². The van der Waals surface area contributed by atoms with Crippen molar-refractivity contribution in [3.8, 4) is 0 Å². The minimum absolute atomic E-state index is 0.0831. The highest BCUT2D eigenvalue weighted by Gasteiger charge is 2.41. The summed E-state index contributed by atoms with van der Waals surface area (Å²) in [5, 5.41) is 9.92. The maximum atomic E-state index is 13.0. The lowest BCUT2D eigenvalue weighted by molar-refractivity contribution is -0.138. The molecule has 1 aromatic rings. The van der Waals surface area contributed by atoms with Crippen LogP contribution in [0.4, 0.5) is 18.0 Å². The molecule has 1 unspecified atom stereocenters. The van der Waals surface area contributed by atoms with Crippen molar-refractivity contribution in [2.45, 2.75) is 19.1 Å². The zero-order valence-corrected chi connectivity index (χ0v) is 10.1. The van der Waals surface area contributed by atoms with Crippen molar-refractivity contribution in [1.82, 2.24) is 10.2 Å². The number of carbonyl (C=O) groups is 1. The summed E-state index contributed by atoms with van der Waals surface area (Å²) in [5.74, 6) is -0.233. The van der Waals surface area contributed by atoms with Gasteiger partial charge in [0.05, 0.1) is 5.56 Å². The van der Waals surface area contributed by atoms with Gasteiger partial charge in [-0.25, -0.2) is 4.79 Å². The van der Waals surface area contributed by atoms with Gasteiger partial charge in [0.25, 0.3) is 0 Å². The average Bonchev–Trinajstić information content (AvgIpc) is 2.62. The second kappa shape index (κ2) is 4.56. The minimum atomic E-state index is -4.51. The number of nitrogens with one attached hydrogen (secondary N) is 2. The highest BCUT2D eigenvalue weighted by atomic mass is 19.4. The molecule has 1 atom stereocenters. The molecule has 1 aliphatic heterocycles. The largest absolute Gasteiger partial charge is 0.416 e. The third-order valence-electron chi connectivity index (χ3n) is 2.99. The first kappa shape index (κ1) is 13.4. The Morgan fingerprint density at radius 2 is 2.00 bits per heavy atom. The fourth-order valence-corrected chi connectivity index (χ4v) is 2.17. The van der Waals surface area contributed by atoms with E-state index < -0.39 is 23.8 Å². The summed E-state index contributed by atoms with van der Waals surface area (Å²) in [6, 6.07) is 3.46. The fraction of sp³-hybridized carbons (Fsp3) is 0.333. The van der Waals surface area contributed by atoms with Gasteiger partial charge in [-0.1, -0.05) is 18.2 Å². The normalized spacial score (nSPS) is 19.8. The first-order valence-corrected chi connectivity index (χ1v) is 5.68. The van der Waals surface area contributed by atoms with Crippen molar-refractivity contribution in [1.29, 1.82) is 5.41 Å². The van der Waals surface area contributed by atoms with Gasteiger partial charge in [0.2, 0.25) is 0 Å². The lowest BCUT2D eigenvalue weighted by atomic mass is 9.99. The Labute approximate surface area is 107 Å². The van der Waals surface area contributed by atoms with Crippen molar-refractivity contribution >= 4 is 11.9 Å². The van der Waals surface area contributed by atoms with Gasteiger partial charge < -0.3 is 4.90 Å². The first-order valence-electron chi connectivity index (χ1n) is 5.68. The van der Waals surface area contributed by atoms with Crippen molar-refractivity contribution < 1.29 is 18.0 Å². The number of carbonyl (C=O) groups excluding carboxylic acids is 1. The van der Waals surface area contributed by atoms with Crippen molar-refractivity contribution in [2.75, 3.05) is 6.54 Å². The third kappa shape index (κ3) is 2.27. The molecule has 1 aliphatic rings. The van der Waals surface area contributed by atoms with Crippen LogP contribution >= 0.6 is 0 Å². The Morgan fingerprint density at radius 3 is 2.58 bits per heavy atom. The van der Waals surface area contributed by atoms with E-state index in [4.69, 9.17) is 5.41 Å². The molecule has 1 saturated heterocycles. The van der Waals surface area contributed by atoms with Crippen LogP contribution in [0, 0.1) is 5.41 Å². The maximum absolute atomic E-state index is 13.0. The van der Waals surface area contributed by atoms with Crippen LogP contribution in [0.25, 0.3) is 0 Å². The van der Waals surface area contributed by atoms with E-state index in [1.807, 2.05) is 0 Å². The van der Waals surface area contributed by atoms with Gasteiger partial charge in [0.15, 0.2) is 0 Å². The van der Waals surface area contributed by atoms with E-state index in [1.54, 1.807) is 6.92 Å². The van der Waals surface area contributed by atoms with E-state index in [0.29, 0.717) is 0 Å². The van der Waals surface area contributed by atoms with Crippen LogP contribution in [0.1, 0.15) is 24.1 Å². The number of likely N-dealkylation sites (N-methyl/N-ethyl adjacent to an activating group) is 1. The molecule has 2 amide bonds. The van der Waals surface area contributed by atoms with Crippen LogP contribution in [0.5, 0.6) is 0 Å². The predicted molar refractivity (Wildman–Crippen MR) is 62.8 cm³/mol. The number of hydrogen-bond acceptors (Lipinski definition) is 2. The number of halogens is 3. The highest BCUT2D eigenvalue weighted by molar-refractivity contribution is 6.06. The summed E-state index contributed by atoms with van der Waals surface area (Å²) in [6.45, 7) is 1.88. The van der Waals surface area contributed by atoms with Gasteiger partial charge in [-0.05, 0) is 18.6 Å². The SMILES string of the molecule is CCN1C(=O)NC(=N)C1c1ccccc1C(F)(F)F. The third-order valence-corrected chi connectivity index (χ3v) is 2.99. The van der Waals surface area contributed by atoms with Gasteiger partial charge in [-0.3, -0.25) is 10.7 Å². The zero-order chi connectivity index (χ0) is 14.2. The minimum Gasteiger partial charge on any atom is -0.310 e. The number of rotatable bonds is 2. The van der Waals surface area contributed by atoms with Crippen LogP contribution in [-0.4, -0.2) is 23.3 Å². The summed E-state index contributed by atoms with van der Waals surface area (Å²) in [4.78, 5) is 12.8. The number of hydrogen-bond donors (Lipinski definition) is 2. The Bertz CT molecular complexity index is 527. The molecule has 1 heterocycles. The standard InChI is InChI=1S/C12H12F3N3O/c1-2-18-9(10(16)17-11(18)19)7-5-3-4-6-8(7)12(13,14)15/h3-6,9H,2H2,1H3,(H2,16,17,19). The molecule has 2 rings (SSSR count). The molecule has 0 bridgehead atoms. The zero-order valence-electron chi connectivity index (χ0n) is 10.1. The molecule has 19 heavy (non-hydrogen) atoms. The average molecular weight is 271 g/mol. The van der Waals surface area contributed by atoms with E-state index in [0.717, 1.165) is 6.07 Å². The van der Waals surface area contributed by atoms with E-state index >= 15 is 0 Å². The van der Waals surface area contributed by atoms with Crippen molar-refractivity contribution in [3.63, 3.8) is 0 Å². The molecule has 1 fully saturated rings.